The van der Waals surface area contributed by atoms with Crippen LogP contribution in [-0.4, -0.2) is 25.1 Å². The smallest absolute Gasteiger partial charge is 0.306 e. The van der Waals surface area contributed by atoms with Crippen molar-refractivity contribution in [2.45, 2.75) is 26.3 Å². The van der Waals surface area contributed by atoms with E-state index >= 15 is 0 Å². The molecule has 5 nitrogen and oxygen atoms in total. The number of carbonyl (C=O) groups is 2. The Labute approximate surface area is 158 Å². The van der Waals surface area contributed by atoms with Crippen molar-refractivity contribution in [2.75, 3.05) is 13.2 Å². The maximum atomic E-state index is 11.8. The molecule has 0 aliphatic heterocycles. The molecule has 1 amide bonds. The van der Waals surface area contributed by atoms with Gasteiger partial charge in [-0.15, -0.1) is 0 Å². The van der Waals surface area contributed by atoms with Gasteiger partial charge in [-0.25, -0.2) is 0 Å². The van der Waals surface area contributed by atoms with Crippen molar-refractivity contribution in [3.05, 3.63) is 64.7 Å². The van der Waals surface area contributed by atoms with E-state index in [1.54, 1.807) is 12.1 Å². The SMILES string of the molecule is CCOc1ccccc1CCC(=O)OCC(=O)NCc1ccc(Cl)cc1. The molecule has 0 radical (unpaired) electrons. The van der Waals surface area contributed by atoms with E-state index < -0.39 is 5.97 Å². The Kier molecular flexibility index (Phi) is 7.96. The van der Waals surface area contributed by atoms with Gasteiger partial charge in [0.1, 0.15) is 5.75 Å². The van der Waals surface area contributed by atoms with Gasteiger partial charge >= 0.3 is 5.97 Å². The summed E-state index contributed by atoms with van der Waals surface area (Å²) in [6.07, 6.45) is 0.690. The van der Waals surface area contributed by atoms with Crippen molar-refractivity contribution in [2.24, 2.45) is 0 Å². The molecule has 2 aromatic carbocycles. The summed E-state index contributed by atoms with van der Waals surface area (Å²) >= 11 is 5.81. The molecule has 0 heterocycles. The van der Waals surface area contributed by atoms with E-state index in [-0.39, 0.29) is 18.9 Å². The van der Waals surface area contributed by atoms with Crippen LogP contribution in [0.4, 0.5) is 0 Å². The predicted molar refractivity (Wildman–Crippen MR) is 100 cm³/mol. The van der Waals surface area contributed by atoms with E-state index in [2.05, 4.69) is 5.32 Å². The molecule has 2 rings (SSSR count). The van der Waals surface area contributed by atoms with Gasteiger partial charge in [-0.3, -0.25) is 9.59 Å². The summed E-state index contributed by atoms with van der Waals surface area (Å²) in [7, 11) is 0. The van der Waals surface area contributed by atoms with E-state index in [1.807, 2.05) is 43.3 Å². The highest BCUT2D eigenvalue weighted by molar-refractivity contribution is 6.30. The first-order chi connectivity index (χ1) is 12.6. The second kappa shape index (κ2) is 10.5. The van der Waals surface area contributed by atoms with Gasteiger partial charge in [-0.1, -0.05) is 41.9 Å². The van der Waals surface area contributed by atoms with Crippen molar-refractivity contribution in [3.8, 4) is 5.75 Å². The normalized spacial score (nSPS) is 10.2. The number of benzene rings is 2. The zero-order valence-corrected chi connectivity index (χ0v) is 15.4. The van der Waals surface area contributed by atoms with Gasteiger partial charge in [0.25, 0.3) is 5.91 Å². The second-order valence-corrected chi connectivity index (χ2v) is 6.04. The fraction of sp³-hybridized carbons (Fsp3) is 0.300. The summed E-state index contributed by atoms with van der Waals surface area (Å²) < 4.78 is 10.5. The van der Waals surface area contributed by atoms with Gasteiger partial charge in [-0.05, 0) is 42.7 Å². The highest BCUT2D eigenvalue weighted by Gasteiger charge is 2.10. The van der Waals surface area contributed by atoms with E-state index in [4.69, 9.17) is 21.1 Å². The van der Waals surface area contributed by atoms with Crippen molar-refractivity contribution in [3.63, 3.8) is 0 Å². The lowest BCUT2D eigenvalue weighted by Gasteiger charge is -2.10. The maximum Gasteiger partial charge on any atom is 0.306 e. The van der Waals surface area contributed by atoms with Gasteiger partial charge in [0, 0.05) is 18.0 Å². The summed E-state index contributed by atoms with van der Waals surface area (Å²) in [4.78, 5) is 23.6. The molecule has 0 saturated heterocycles. The van der Waals surface area contributed by atoms with Crippen molar-refractivity contribution < 1.29 is 19.1 Å². The summed E-state index contributed by atoms with van der Waals surface area (Å²) in [6.45, 7) is 2.54. The number of rotatable bonds is 9. The minimum absolute atomic E-state index is 0.189. The predicted octanol–water partition coefficient (Wildman–Crippen LogP) is 3.53. The molecule has 138 valence electrons. The van der Waals surface area contributed by atoms with Crippen molar-refractivity contribution >= 4 is 23.5 Å². The van der Waals surface area contributed by atoms with Crippen LogP contribution in [0.15, 0.2) is 48.5 Å². The molecule has 0 spiro atoms. The van der Waals surface area contributed by atoms with Crippen LogP contribution >= 0.6 is 11.6 Å². The summed E-state index contributed by atoms with van der Waals surface area (Å²) in [5.74, 6) is 0.00414. The molecule has 1 N–H and O–H groups in total. The molecule has 0 fully saturated rings. The summed E-state index contributed by atoms with van der Waals surface area (Å²) in [5, 5.41) is 3.33. The molecule has 0 aromatic heterocycles. The lowest BCUT2D eigenvalue weighted by atomic mass is 10.1. The minimum atomic E-state index is -0.419. The quantitative estimate of drug-likeness (QED) is 0.681. The number of nitrogens with one attached hydrogen (secondary N) is 1. The first-order valence-corrected chi connectivity index (χ1v) is 8.83. The Balaban J connectivity index is 1.69. The van der Waals surface area contributed by atoms with Gasteiger partial charge in [0.05, 0.1) is 6.61 Å². The molecule has 26 heavy (non-hydrogen) atoms. The molecular weight excluding hydrogens is 354 g/mol. The lowest BCUT2D eigenvalue weighted by molar-refractivity contribution is -0.148. The average Bonchev–Trinajstić information content (AvgIpc) is 2.65. The van der Waals surface area contributed by atoms with Crippen LogP contribution in [0.1, 0.15) is 24.5 Å². The van der Waals surface area contributed by atoms with Crippen LogP contribution in [0.5, 0.6) is 5.75 Å². The number of para-hydroxylation sites is 1. The molecule has 6 heteroatoms. The molecule has 0 saturated carbocycles. The van der Waals surface area contributed by atoms with Crippen molar-refractivity contribution in [1.29, 1.82) is 0 Å². The number of ether oxygens (including phenoxy) is 2. The zero-order valence-electron chi connectivity index (χ0n) is 14.7. The third-order valence-electron chi connectivity index (χ3n) is 3.64. The second-order valence-electron chi connectivity index (χ2n) is 5.60. The van der Waals surface area contributed by atoms with Crippen LogP contribution in [-0.2, 0) is 27.3 Å². The van der Waals surface area contributed by atoms with Crippen LogP contribution in [0.2, 0.25) is 5.02 Å². The molecule has 2 aromatic rings. The van der Waals surface area contributed by atoms with Crippen LogP contribution < -0.4 is 10.1 Å². The van der Waals surface area contributed by atoms with E-state index in [1.165, 1.54) is 0 Å². The van der Waals surface area contributed by atoms with Gasteiger partial charge in [-0.2, -0.15) is 0 Å². The highest BCUT2D eigenvalue weighted by Crippen LogP contribution is 2.19. The Hall–Kier alpha value is -2.53. The number of hydrogen-bond donors (Lipinski definition) is 1. The van der Waals surface area contributed by atoms with E-state index in [0.29, 0.717) is 24.6 Å². The number of amides is 1. The number of carbonyl (C=O) groups excluding carboxylic acids is 2. The molecule has 0 bridgehead atoms. The Morgan fingerprint density at radius 3 is 2.54 bits per heavy atom. The Bertz CT molecular complexity index is 731. The first kappa shape index (κ1) is 19.8. The lowest BCUT2D eigenvalue weighted by Crippen LogP contribution is -2.28. The van der Waals surface area contributed by atoms with Crippen molar-refractivity contribution in [1.82, 2.24) is 5.32 Å². The molecule has 0 aliphatic rings. The average molecular weight is 376 g/mol. The molecule has 0 atom stereocenters. The number of esters is 1. The van der Waals surface area contributed by atoms with E-state index in [9.17, 15) is 9.59 Å². The zero-order chi connectivity index (χ0) is 18.8. The van der Waals surface area contributed by atoms with Gasteiger partial charge in [0.15, 0.2) is 6.61 Å². The molecule has 0 unspecified atom stereocenters. The fourth-order valence-electron chi connectivity index (χ4n) is 2.32. The third kappa shape index (κ3) is 6.76. The standard InChI is InChI=1S/C20H22ClNO4/c1-2-25-18-6-4-3-5-16(18)9-12-20(24)26-14-19(23)22-13-15-7-10-17(21)11-8-15/h3-8,10-11H,2,9,12-14H2,1H3,(H,22,23). The highest BCUT2D eigenvalue weighted by atomic mass is 35.5. The summed E-state index contributed by atoms with van der Waals surface area (Å²) in [5.41, 5.74) is 1.86. The Morgan fingerprint density at radius 1 is 1.08 bits per heavy atom. The fourth-order valence-corrected chi connectivity index (χ4v) is 2.44. The third-order valence-corrected chi connectivity index (χ3v) is 3.89. The summed E-state index contributed by atoms with van der Waals surface area (Å²) in [6, 6.07) is 14.7. The Morgan fingerprint density at radius 2 is 1.81 bits per heavy atom. The van der Waals surface area contributed by atoms with Crippen LogP contribution in [0.3, 0.4) is 0 Å². The number of aryl methyl sites for hydroxylation is 1. The number of hydrogen-bond acceptors (Lipinski definition) is 4. The molecular formula is C20H22ClNO4. The van der Waals surface area contributed by atoms with Gasteiger partial charge in [0.2, 0.25) is 0 Å². The number of halogens is 1. The van der Waals surface area contributed by atoms with Crippen LogP contribution in [0, 0.1) is 0 Å². The van der Waals surface area contributed by atoms with Crippen LogP contribution in [0.25, 0.3) is 0 Å². The monoisotopic (exact) mass is 375 g/mol. The molecule has 0 aliphatic carbocycles. The van der Waals surface area contributed by atoms with E-state index in [0.717, 1.165) is 16.9 Å². The van der Waals surface area contributed by atoms with Gasteiger partial charge < -0.3 is 14.8 Å². The minimum Gasteiger partial charge on any atom is -0.494 e. The first-order valence-electron chi connectivity index (χ1n) is 8.46. The maximum absolute atomic E-state index is 11.8. The largest absolute Gasteiger partial charge is 0.494 e. The topological polar surface area (TPSA) is 64.6 Å².